The lowest BCUT2D eigenvalue weighted by Gasteiger charge is -2.23. The Morgan fingerprint density at radius 2 is 2.12 bits per heavy atom. The highest BCUT2D eigenvalue weighted by Crippen LogP contribution is 2.20. The van der Waals surface area contributed by atoms with Crippen molar-refractivity contribution in [3.8, 4) is 0 Å². The summed E-state index contributed by atoms with van der Waals surface area (Å²) in [5.41, 5.74) is 1.00. The van der Waals surface area contributed by atoms with E-state index in [9.17, 15) is 0 Å². The summed E-state index contributed by atoms with van der Waals surface area (Å²) in [6.07, 6.45) is 4.01. The molecule has 1 unspecified atom stereocenters. The van der Waals surface area contributed by atoms with Gasteiger partial charge in [0.05, 0.1) is 5.69 Å². The molecule has 0 saturated carbocycles. The summed E-state index contributed by atoms with van der Waals surface area (Å²) in [5.74, 6) is 3.00. The third-order valence-electron chi connectivity index (χ3n) is 5.19. The largest absolute Gasteiger partial charge is 0.359 e. The number of rotatable bonds is 6. The minimum Gasteiger partial charge on any atom is -0.359 e. The fourth-order valence-corrected chi connectivity index (χ4v) is 3.76. The van der Waals surface area contributed by atoms with Crippen LogP contribution in [0.15, 0.2) is 15.6 Å². The maximum absolute atomic E-state index is 5.42. The van der Waals surface area contributed by atoms with Gasteiger partial charge in [0.15, 0.2) is 11.7 Å². The molecule has 148 valence electrons. The van der Waals surface area contributed by atoms with Gasteiger partial charge >= 0.3 is 0 Å². The molecule has 7 heteroatoms. The summed E-state index contributed by atoms with van der Waals surface area (Å²) in [6, 6.07) is 2.03. The molecule has 1 aromatic heterocycles. The van der Waals surface area contributed by atoms with Gasteiger partial charge in [-0.1, -0.05) is 19.0 Å². The summed E-state index contributed by atoms with van der Waals surface area (Å²) in [7, 11) is 0. The van der Waals surface area contributed by atoms with Crippen LogP contribution in [0.4, 0.5) is 0 Å². The summed E-state index contributed by atoms with van der Waals surface area (Å²) >= 11 is 0. The van der Waals surface area contributed by atoms with Crippen molar-refractivity contribution in [2.24, 2.45) is 10.9 Å². The molecule has 6 nitrogen and oxygen atoms in total. The molecule has 2 aliphatic heterocycles. The van der Waals surface area contributed by atoms with Crippen LogP contribution in [0, 0.1) is 5.92 Å². The smallest absolute Gasteiger partial charge is 0.194 e. The average molecular weight is 475 g/mol. The fourth-order valence-electron chi connectivity index (χ4n) is 3.76. The van der Waals surface area contributed by atoms with Gasteiger partial charge in [-0.2, -0.15) is 0 Å². The van der Waals surface area contributed by atoms with E-state index in [2.05, 4.69) is 41.0 Å². The number of nitrogens with zero attached hydrogens (tertiary/aromatic N) is 4. The van der Waals surface area contributed by atoms with Crippen molar-refractivity contribution < 1.29 is 4.52 Å². The van der Waals surface area contributed by atoms with Gasteiger partial charge in [0.2, 0.25) is 0 Å². The number of hydrogen-bond donors (Lipinski definition) is 1. The lowest BCUT2D eigenvalue weighted by atomic mass is 10.1. The lowest BCUT2D eigenvalue weighted by molar-refractivity contribution is 0.281. The first-order chi connectivity index (χ1) is 12.2. The van der Waals surface area contributed by atoms with E-state index >= 15 is 0 Å². The number of hydrogen-bond acceptors (Lipinski definition) is 4. The van der Waals surface area contributed by atoms with Crippen LogP contribution in [0.3, 0.4) is 0 Å². The van der Waals surface area contributed by atoms with Gasteiger partial charge in [0, 0.05) is 32.2 Å². The summed E-state index contributed by atoms with van der Waals surface area (Å²) in [5, 5.41) is 7.56. The molecule has 2 fully saturated rings. The van der Waals surface area contributed by atoms with Crippen LogP contribution in [-0.2, 0) is 6.54 Å². The third-order valence-corrected chi connectivity index (χ3v) is 5.19. The molecule has 0 spiro atoms. The maximum Gasteiger partial charge on any atom is 0.194 e. The number of aliphatic imine (C=N–C) groups is 1. The van der Waals surface area contributed by atoms with Gasteiger partial charge < -0.3 is 19.6 Å². The Morgan fingerprint density at radius 1 is 1.35 bits per heavy atom. The van der Waals surface area contributed by atoms with Crippen LogP contribution in [0.25, 0.3) is 0 Å². The lowest BCUT2D eigenvalue weighted by Crippen LogP contribution is -2.40. The number of likely N-dealkylation sites (tertiary alicyclic amines) is 2. The molecule has 26 heavy (non-hydrogen) atoms. The Morgan fingerprint density at radius 3 is 2.77 bits per heavy atom. The molecule has 0 amide bonds. The molecule has 3 rings (SSSR count). The molecule has 0 aliphatic carbocycles. The van der Waals surface area contributed by atoms with Crippen LogP contribution < -0.4 is 5.32 Å². The van der Waals surface area contributed by atoms with Crippen molar-refractivity contribution in [3.05, 3.63) is 17.5 Å². The van der Waals surface area contributed by atoms with Crippen molar-refractivity contribution in [3.63, 3.8) is 0 Å². The molecule has 1 atom stereocenters. The SMILES string of the molecule is CCNC(=NCc1cc(C(C)C)no1)N1CCC(CN2CCCC2)C1.I. The standard InChI is InChI=1S/C19H33N5O.HI/c1-4-20-19(21-12-17-11-18(15(2)3)22-25-17)24-10-7-16(14-24)13-23-8-5-6-9-23;/h11,15-16H,4-10,12-14H2,1-3H3,(H,20,21);1H. The zero-order valence-electron chi connectivity index (χ0n) is 16.4. The van der Waals surface area contributed by atoms with Gasteiger partial charge in [0.25, 0.3) is 0 Å². The Labute approximate surface area is 174 Å². The van der Waals surface area contributed by atoms with E-state index in [4.69, 9.17) is 9.52 Å². The molecule has 0 radical (unpaired) electrons. The first-order valence-corrected chi connectivity index (χ1v) is 9.86. The predicted octanol–water partition coefficient (Wildman–Crippen LogP) is 3.30. The average Bonchev–Trinajstić information content (AvgIpc) is 3.33. The molecule has 0 bridgehead atoms. The first-order valence-electron chi connectivity index (χ1n) is 9.86. The molecular formula is C19H34IN5O. The Balaban J connectivity index is 0.00000243. The van der Waals surface area contributed by atoms with Gasteiger partial charge in [-0.25, -0.2) is 4.99 Å². The molecular weight excluding hydrogens is 441 g/mol. The minimum atomic E-state index is 0. The second kappa shape index (κ2) is 10.5. The van der Waals surface area contributed by atoms with Crippen LogP contribution in [-0.4, -0.2) is 60.2 Å². The van der Waals surface area contributed by atoms with Gasteiger partial charge in [-0.3, -0.25) is 0 Å². The van der Waals surface area contributed by atoms with Gasteiger partial charge in [-0.05, 0) is 51.1 Å². The zero-order valence-corrected chi connectivity index (χ0v) is 18.7. The summed E-state index contributed by atoms with van der Waals surface area (Å²) in [6.45, 7) is 13.8. The van der Waals surface area contributed by atoms with E-state index in [1.807, 2.05) is 6.07 Å². The monoisotopic (exact) mass is 475 g/mol. The second-order valence-electron chi connectivity index (χ2n) is 7.65. The molecule has 2 saturated heterocycles. The molecule has 2 aliphatic rings. The molecule has 3 heterocycles. The van der Waals surface area contributed by atoms with E-state index in [-0.39, 0.29) is 24.0 Å². The van der Waals surface area contributed by atoms with Crippen LogP contribution in [0.5, 0.6) is 0 Å². The summed E-state index contributed by atoms with van der Waals surface area (Å²) < 4.78 is 5.42. The fraction of sp³-hybridized carbons (Fsp3) is 0.789. The topological polar surface area (TPSA) is 56.9 Å². The highest BCUT2D eigenvalue weighted by molar-refractivity contribution is 14.0. The highest BCUT2D eigenvalue weighted by Gasteiger charge is 2.27. The van der Waals surface area contributed by atoms with Crippen LogP contribution in [0.1, 0.15) is 57.4 Å². The van der Waals surface area contributed by atoms with Crippen molar-refractivity contribution in [2.75, 3.05) is 39.3 Å². The summed E-state index contributed by atoms with van der Waals surface area (Å²) in [4.78, 5) is 9.82. The molecule has 1 aromatic rings. The number of halogens is 1. The van der Waals surface area contributed by atoms with E-state index in [0.29, 0.717) is 12.5 Å². The quantitative estimate of drug-likeness (QED) is 0.389. The zero-order chi connectivity index (χ0) is 17.6. The first kappa shape index (κ1) is 21.5. The van der Waals surface area contributed by atoms with E-state index < -0.39 is 0 Å². The Hall–Kier alpha value is -0.830. The van der Waals surface area contributed by atoms with Crippen molar-refractivity contribution in [1.29, 1.82) is 0 Å². The van der Waals surface area contributed by atoms with Gasteiger partial charge in [-0.15, -0.1) is 24.0 Å². The molecule has 1 N–H and O–H groups in total. The van der Waals surface area contributed by atoms with Crippen LogP contribution in [0.2, 0.25) is 0 Å². The Bertz CT molecular complexity index is 568. The van der Waals surface area contributed by atoms with Crippen molar-refractivity contribution in [2.45, 2.75) is 52.5 Å². The Kier molecular flexibility index (Phi) is 8.66. The van der Waals surface area contributed by atoms with Gasteiger partial charge in [0.1, 0.15) is 6.54 Å². The number of aromatic nitrogens is 1. The van der Waals surface area contributed by atoms with E-state index in [1.165, 1.54) is 38.9 Å². The van der Waals surface area contributed by atoms with Crippen molar-refractivity contribution >= 4 is 29.9 Å². The normalized spacial score (nSPS) is 21.5. The predicted molar refractivity (Wildman–Crippen MR) is 116 cm³/mol. The highest BCUT2D eigenvalue weighted by atomic mass is 127. The van der Waals surface area contributed by atoms with E-state index in [0.717, 1.165) is 43.0 Å². The second-order valence-corrected chi connectivity index (χ2v) is 7.65. The van der Waals surface area contributed by atoms with Crippen molar-refractivity contribution in [1.82, 2.24) is 20.3 Å². The third kappa shape index (κ3) is 5.84. The number of nitrogens with one attached hydrogen (secondary N) is 1. The molecule has 0 aromatic carbocycles. The number of guanidine groups is 1. The van der Waals surface area contributed by atoms with Crippen LogP contribution >= 0.6 is 24.0 Å². The minimum absolute atomic E-state index is 0. The van der Waals surface area contributed by atoms with E-state index in [1.54, 1.807) is 0 Å². The maximum atomic E-state index is 5.42.